The molecule has 4 rings (SSSR count). The molecule has 2 N–H and O–H groups in total. The Kier molecular flexibility index (Phi) is 3.31. The second-order valence-corrected chi connectivity index (χ2v) is 6.06. The van der Waals surface area contributed by atoms with E-state index in [-0.39, 0.29) is 5.91 Å². The summed E-state index contributed by atoms with van der Waals surface area (Å²) in [6.07, 6.45) is 0. The van der Waals surface area contributed by atoms with Gasteiger partial charge in [-0.1, -0.05) is 11.3 Å². The summed E-state index contributed by atoms with van der Waals surface area (Å²) >= 11 is 1.35. The van der Waals surface area contributed by atoms with E-state index in [1.807, 2.05) is 18.2 Å². The van der Waals surface area contributed by atoms with Crippen LogP contribution in [-0.4, -0.2) is 23.0 Å². The van der Waals surface area contributed by atoms with Crippen molar-refractivity contribution in [2.45, 2.75) is 0 Å². The van der Waals surface area contributed by atoms with Crippen molar-refractivity contribution in [2.75, 3.05) is 12.4 Å². The minimum atomic E-state index is -0.553. The number of rotatable bonds is 3. The first-order chi connectivity index (χ1) is 11.6. The van der Waals surface area contributed by atoms with Crippen molar-refractivity contribution in [3.05, 3.63) is 52.5 Å². The number of carbonyl (C=O) groups excluding carboxylic acids is 1. The second kappa shape index (κ2) is 5.50. The van der Waals surface area contributed by atoms with Gasteiger partial charge in [-0.3, -0.25) is 15.1 Å². The first kappa shape index (κ1) is 14.5. The maximum absolute atomic E-state index is 12.4. The summed E-state index contributed by atoms with van der Waals surface area (Å²) < 4.78 is 11.1. The van der Waals surface area contributed by atoms with Crippen molar-refractivity contribution >= 4 is 43.7 Å². The van der Waals surface area contributed by atoms with Crippen LogP contribution in [0.2, 0.25) is 0 Å². The molecule has 0 atom stereocenters. The Bertz CT molecular complexity index is 1130. The van der Waals surface area contributed by atoms with Crippen molar-refractivity contribution in [3.63, 3.8) is 0 Å². The Morgan fingerprint density at radius 3 is 3.00 bits per heavy atom. The normalized spacial score (nSPS) is 11.0. The zero-order chi connectivity index (χ0) is 16.7. The minimum Gasteiger partial charge on any atom is -0.497 e. The molecule has 2 aromatic heterocycles. The number of fused-ring (bicyclic) bond motifs is 2. The molecule has 0 saturated carbocycles. The average molecular weight is 341 g/mol. The third-order valence-electron chi connectivity index (χ3n) is 3.50. The van der Waals surface area contributed by atoms with E-state index < -0.39 is 5.76 Å². The summed E-state index contributed by atoms with van der Waals surface area (Å²) in [7, 11) is 1.60. The molecule has 0 aliphatic heterocycles. The molecule has 0 unspecified atom stereocenters. The number of nitrogens with one attached hydrogen (secondary N) is 2. The maximum atomic E-state index is 12.4. The monoisotopic (exact) mass is 341 g/mol. The number of nitrogens with zero attached hydrogens (tertiary/aromatic N) is 1. The zero-order valence-corrected chi connectivity index (χ0v) is 13.3. The molecule has 0 saturated heterocycles. The van der Waals surface area contributed by atoms with Crippen LogP contribution in [0.3, 0.4) is 0 Å². The molecule has 2 aromatic carbocycles. The number of aromatic amines is 1. The van der Waals surface area contributed by atoms with Gasteiger partial charge in [0.25, 0.3) is 5.91 Å². The highest BCUT2D eigenvalue weighted by molar-refractivity contribution is 7.22. The fourth-order valence-electron chi connectivity index (χ4n) is 2.34. The van der Waals surface area contributed by atoms with Crippen LogP contribution in [0.4, 0.5) is 5.13 Å². The van der Waals surface area contributed by atoms with Crippen LogP contribution in [0.5, 0.6) is 5.75 Å². The summed E-state index contributed by atoms with van der Waals surface area (Å²) in [5.41, 5.74) is 2.04. The number of thiazole rings is 1. The summed E-state index contributed by atoms with van der Waals surface area (Å²) in [6, 6.07) is 10.3. The number of anilines is 1. The molecule has 0 spiro atoms. The molecule has 0 aliphatic carbocycles. The highest BCUT2D eigenvalue weighted by Crippen LogP contribution is 2.29. The van der Waals surface area contributed by atoms with E-state index in [4.69, 9.17) is 9.15 Å². The molecule has 24 heavy (non-hydrogen) atoms. The highest BCUT2D eigenvalue weighted by Gasteiger charge is 2.12. The highest BCUT2D eigenvalue weighted by atomic mass is 32.1. The molecule has 0 bridgehead atoms. The number of methoxy groups -OCH3 is 1. The first-order valence-corrected chi connectivity index (χ1v) is 7.83. The predicted molar refractivity (Wildman–Crippen MR) is 91.0 cm³/mol. The predicted octanol–water partition coefficient (Wildman–Crippen LogP) is 2.99. The number of hydrogen-bond donors (Lipinski definition) is 2. The summed E-state index contributed by atoms with van der Waals surface area (Å²) in [5, 5.41) is 3.24. The molecule has 120 valence electrons. The van der Waals surface area contributed by atoms with E-state index in [1.165, 1.54) is 17.4 Å². The number of amides is 1. The Labute approximate surface area is 138 Å². The van der Waals surface area contributed by atoms with Crippen LogP contribution in [0.25, 0.3) is 21.3 Å². The molecule has 2 heterocycles. The van der Waals surface area contributed by atoms with Gasteiger partial charge in [0.05, 0.1) is 22.8 Å². The standard InChI is InChI=1S/C16H11N3O4S/c1-22-9-3-5-11-13(7-9)24-15(17-11)19-14(20)8-2-4-10-12(6-8)23-16(21)18-10/h2-7H,1H3,(H,18,21)(H,17,19,20). The van der Waals surface area contributed by atoms with Crippen molar-refractivity contribution < 1.29 is 13.9 Å². The fraction of sp³-hybridized carbons (Fsp3) is 0.0625. The Morgan fingerprint density at radius 2 is 2.17 bits per heavy atom. The summed E-state index contributed by atoms with van der Waals surface area (Å²) in [5.74, 6) is -0.147. The van der Waals surface area contributed by atoms with Gasteiger partial charge in [0.15, 0.2) is 10.7 Å². The Hall–Kier alpha value is -3.13. The van der Waals surface area contributed by atoms with E-state index in [1.54, 1.807) is 19.2 Å². The molecule has 0 fully saturated rings. The second-order valence-electron chi connectivity index (χ2n) is 5.03. The molecular formula is C16H11N3O4S. The van der Waals surface area contributed by atoms with Gasteiger partial charge in [-0.05, 0) is 36.4 Å². The lowest BCUT2D eigenvalue weighted by atomic mass is 10.2. The Balaban J connectivity index is 1.63. The van der Waals surface area contributed by atoms with Crippen LogP contribution >= 0.6 is 11.3 Å². The summed E-state index contributed by atoms with van der Waals surface area (Å²) in [4.78, 5) is 30.4. The molecule has 7 nitrogen and oxygen atoms in total. The third-order valence-corrected chi connectivity index (χ3v) is 4.43. The van der Waals surface area contributed by atoms with E-state index in [9.17, 15) is 9.59 Å². The lowest BCUT2D eigenvalue weighted by Gasteiger charge is -2.00. The van der Waals surface area contributed by atoms with Gasteiger partial charge >= 0.3 is 5.76 Å². The van der Waals surface area contributed by atoms with E-state index in [0.717, 1.165) is 16.0 Å². The molecular weight excluding hydrogens is 330 g/mol. The lowest BCUT2D eigenvalue weighted by Crippen LogP contribution is -2.11. The number of aromatic nitrogens is 2. The van der Waals surface area contributed by atoms with Gasteiger partial charge in [0.2, 0.25) is 0 Å². The largest absolute Gasteiger partial charge is 0.497 e. The van der Waals surface area contributed by atoms with Crippen molar-refractivity contribution in [3.8, 4) is 5.75 Å². The van der Waals surface area contributed by atoms with Gasteiger partial charge in [-0.2, -0.15) is 0 Å². The number of hydrogen-bond acceptors (Lipinski definition) is 6. The number of ether oxygens (including phenoxy) is 1. The lowest BCUT2D eigenvalue weighted by molar-refractivity contribution is 0.102. The molecule has 0 radical (unpaired) electrons. The molecule has 4 aromatic rings. The third kappa shape index (κ3) is 2.52. The van der Waals surface area contributed by atoms with Crippen LogP contribution < -0.4 is 15.8 Å². The number of oxazole rings is 1. The number of H-pyrrole nitrogens is 1. The average Bonchev–Trinajstić information content (AvgIpc) is 3.14. The fourth-order valence-corrected chi connectivity index (χ4v) is 3.23. The maximum Gasteiger partial charge on any atom is 0.417 e. The minimum absolute atomic E-state index is 0.327. The SMILES string of the molecule is COc1ccc2nc(NC(=O)c3ccc4[nH]c(=O)oc4c3)sc2c1. The van der Waals surface area contributed by atoms with Crippen LogP contribution in [0.15, 0.2) is 45.6 Å². The summed E-state index contributed by atoms with van der Waals surface area (Å²) in [6.45, 7) is 0. The van der Waals surface area contributed by atoms with E-state index in [0.29, 0.717) is 21.8 Å². The van der Waals surface area contributed by atoms with Crippen LogP contribution in [-0.2, 0) is 0 Å². The van der Waals surface area contributed by atoms with Gasteiger partial charge in [-0.15, -0.1) is 0 Å². The van der Waals surface area contributed by atoms with Crippen molar-refractivity contribution in [1.82, 2.24) is 9.97 Å². The molecule has 8 heteroatoms. The number of carbonyl (C=O) groups is 1. The molecule has 1 amide bonds. The van der Waals surface area contributed by atoms with Gasteiger partial charge in [0, 0.05) is 5.56 Å². The Morgan fingerprint density at radius 1 is 1.29 bits per heavy atom. The van der Waals surface area contributed by atoms with E-state index >= 15 is 0 Å². The molecule has 0 aliphatic rings. The quantitative estimate of drug-likeness (QED) is 0.597. The van der Waals surface area contributed by atoms with Crippen molar-refractivity contribution in [1.29, 1.82) is 0 Å². The van der Waals surface area contributed by atoms with Gasteiger partial charge < -0.3 is 9.15 Å². The smallest absolute Gasteiger partial charge is 0.417 e. The van der Waals surface area contributed by atoms with Gasteiger partial charge in [0.1, 0.15) is 5.75 Å². The van der Waals surface area contributed by atoms with Crippen LogP contribution in [0, 0.1) is 0 Å². The number of benzene rings is 2. The van der Waals surface area contributed by atoms with Crippen LogP contribution in [0.1, 0.15) is 10.4 Å². The zero-order valence-electron chi connectivity index (χ0n) is 12.5. The first-order valence-electron chi connectivity index (χ1n) is 7.01. The topological polar surface area (TPSA) is 97.2 Å². The van der Waals surface area contributed by atoms with Gasteiger partial charge in [-0.25, -0.2) is 9.78 Å². The van der Waals surface area contributed by atoms with Crippen molar-refractivity contribution in [2.24, 2.45) is 0 Å². The van der Waals surface area contributed by atoms with E-state index in [2.05, 4.69) is 15.3 Å².